The number of anilines is 1. The van der Waals surface area contributed by atoms with Crippen molar-refractivity contribution >= 4 is 17.4 Å². The Bertz CT molecular complexity index is 397. The Morgan fingerprint density at radius 2 is 1.95 bits per heavy atom. The van der Waals surface area contributed by atoms with Gasteiger partial charge in [-0.3, -0.25) is 0 Å². The van der Waals surface area contributed by atoms with E-state index in [0.717, 1.165) is 37.6 Å². The number of hydrogen-bond acceptors (Lipinski definition) is 4. The Hall–Kier alpha value is -0.710. The Balaban J connectivity index is 1.81. The fraction of sp³-hybridized carbons (Fsp3) is 0.625. The van der Waals surface area contributed by atoms with Crippen LogP contribution >= 0.6 is 11.8 Å². The molecule has 1 aromatic carbocycles. The van der Waals surface area contributed by atoms with Crippen LogP contribution in [0.25, 0.3) is 0 Å². The summed E-state index contributed by atoms with van der Waals surface area (Å²) in [6.45, 7) is 7.96. The summed E-state index contributed by atoms with van der Waals surface area (Å²) in [5.74, 6) is 1.94. The Labute approximate surface area is 126 Å². The molecular weight excluding hydrogens is 268 g/mol. The topological polar surface area (TPSA) is 35.5 Å². The Morgan fingerprint density at radius 1 is 1.25 bits per heavy atom. The van der Waals surface area contributed by atoms with Crippen molar-refractivity contribution in [1.82, 2.24) is 5.32 Å². The fourth-order valence-corrected chi connectivity index (χ4v) is 3.88. The maximum Gasteiger partial charge on any atom is 0.0869 e. The zero-order chi connectivity index (χ0) is 14.4. The highest BCUT2D eigenvalue weighted by Gasteiger charge is 2.30. The molecule has 1 aromatic rings. The lowest BCUT2D eigenvalue weighted by Gasteiger charge is -2.22. The minimum atomic E-state index is -0.494. The summed E-state index contributed by atoms with van der Waals surface area (Å²) < 4.78 is 0. The summed E-state index contributed by atoms with van der Waals surface area (Å²) in [4.78, 5) is 2.34. The first-order chi connectivity index (χ1) is 9.67. The predicted octanol–water partition coefficient (Wildman–Crippen LogP) is 2.49. The third kappa shape index (κ3) is 4.14. The lowest BCUT2D eigenvalue weighted by atomic mass is 10.0. The van der Waals surface area contributed by atoms with Crippen LogP contribution in [0.2, 0.25) is 0 Å². The van der Waals surface area contributed by atoms with Crippen LogP contribution in [0, 0.1) is 0 Å². The van der Waals surface area contributed by atoms with Crippen molar-refractivity contribution in [2.24, 2.45) is 0 Å². The first-order valence-corrected chi connectivity index (χ1v) is 8.67. The van der Waals surface area contributed by atoms with Crippen LogP contribution in [0.5, 0.6) is 0 Å². The first-order valence-electron chi connectivity index (χ1n) is 7.51. The fourth-order valence-electron chi connectivity index (χ4n) is 2.59. The van der Waals surface area contributed by atoms with Crippen molar-refractivity contribution in [2.45, 2.75) is 32.4 Å². The number of aliphatic hydroxyl groups is 1. The van der Waals surface area contributed by atoms with E-state index in [9.17, 15) is 5.11 Å². The maximum atomic E-state index is 10.3. The highest BCUT2D eigenvalue weighted by Crippen LogP contribution is 2.27. The van der Waals surface area contributed by atoms with Crippen LogP contribution in [0.4, 0.5) is 5.69 Å². The SMILES string of the molecule is CCN(CC)c1ccc(CNCC2(O)CCSC2)cc1. The van der Waals surface area contributed by atoms with Crippen molar-refractivity contribution in [3.05, 3.63) is 29.8 Å². The summed E-state index contributed by atoms with van der Waals surface area (Å²) in [5, 5.41) is 13.6. The van der Waals surface area contributed by atoms with E-state index in [1.165, 1.54) is 11.3 Å². The molecule has 2 N–H and O–H groups in total. The standard InChI is InChI=1S/C16H26N2OS/c1-3-18(4-2)15-7-5-14(6-8-15)11-17-12-16(19)9-10-20-13-16/h5-8,17,19H,3-4,9-13H2,1-2H3. The predicted molar refractivity (Wildman–Crippen MR) is 88.6 cm³/mol. The van der Waals surface area contributed by atoms with Crippen LogP contribution in [0.3, 0.4) is 0 Å². The highest BCUT2D eigenvalue weighted by molar-refractivity contribution is 7.99. The molecular formula is C16H26N2OS. The zero-order valence-corrected chi connectivity index (χ0v) is 13.4. The summed E-state index contributed by atoms with van der Waals surface area (Å²) in [6, 6.07) is 8.72. The van der Waals surface area contributed by atoms with Gasteiger partial charge in [0, 0.05) is 37.6 Å². The average Bonchev–Trinajstić information content (AvgIpc) is 2.89. The van der Waals surface area contributed by atoms with Gasteiger partial charge in [0.15, 0.2) is 0 Å². The number of hydrogen-bond donors (Lipinski definition) is 2. The molecule has 1 saturated heterocycles. The molecule has 1 atom stereocenters. The van der Waals surface area contributed by atoms with E-state index in [2.05, 4.69) is 48.3 Å². The normalized spacial score (nSPS) is 22.1. The van der Waals surface area contributed by atoms with Crippen molar-refractivity contribution < 1.29 is 5.11 Å². The molecule has 20 heavy (non-hydrogen) atoms. The molecule has 0 saturated carbocycles. The lowest BCUT2D eigenvalue weighted by molar-refractivity contribution is 0.0675. The first kappa shape index (κ1) is 15.7. The lowest BCUT2D eigenvalue weighted by Crippen LogP contribution is -2.40. The van der Waals surface area contributed by atoms with Crippen LogP contribution in [0.1, 0.15) is 25.8 Å². The molecule has 1 fully saturated rings. The van der Waals surface area contributed by atoms with Gasteiger partial charge in [0.1, 0.15) is 0 Å². The molecule has 0 radical (unpaired) electrons. The molecule has 3 nitrogen and oxygen atoms in total. The second kappa shape index (κ2) is 7.34. The van der Waals surface area contributed by atoms with Gasteiger partial charge < -0.3 is 15.3 Å². The Kier molecular flexibility index (Phi) is 5.75. The molecule has 1 heterocycles. The maximum absolute atomic E-state index is 10.3. The Morgan fingerprint density at radius 3 is 2.50 bits per heavy atom. The molecule has 0 amide bonds. The zero-order valence-electron chi connectivity index (χ0n) is 12.6. The quantitative estimate of drug-likeness (QED) is 0.810. The van der Waals surface area contributed by atoms with E-state index >= 15 is 0 Å². The smallest absolute Gasteiger partial charge is 0.0869 e. The van der Waals surface area contributed by atoms with Crippen molar-refractivity contribution in [2.75, 3.05) is 36.0 Å². The molecule has 0 bridgehead atoms. The van der Waals surface area contributed by atoms with E-state index in [0.29, 0.717) is 6.54 Å². The summed E-state index contributed by atoms with van der Waals surface area (Å²) in [5.41, 5.74) is 2.06. The van der Waals surface area contributed by atoms with Gasteiger partial charge in [0.2, 0.25) is 0 Å². The molecule has 2 rings (SSSR count). The number of rotatable bonds is 7. The van der Waals surface area contributed by atoms with Crippen molar-refractivity contribution in [1.29, 1.82) is 0 Å². The van der Waals surface area contributed by atoms with Gasteiger partial charge in [-0.2, -0.15) is 11.8 Å². The van der Waals surface area contributed by atoms with E-state index in [1.807, 2.05) is 11.8 Å². The third-order valence-electron chi connectivity index (χ3n) is 3.93. The second-order valence-electron chi connectivity index (χ2n) is 5.47. The molecule has 0 aromatic heterocycles. The number of nitrogens with zero attached hydrogens (tertiary/aromatic N) is 1. The van der Waals surface area contributed by atoms with E-state index in [4.69, 9.17) is 0 Å². The number of benzene rings is 1. The second-order valence-corrected chi connectivity index (χ2v) is 6.57. The molecule has 0 spiro atoms. The number of nitrogens with one attached hydrogen (secondary N) is 1. The summed E-state index contributed by atoms with van der Waals surface area (Å²) in [6.07, 6.45) is 0.908. The minimum Gasteiger partial charge on any atom is -0.388 e. The monoisotopic (exact) mass is 294 g/mol. The largest absolute Gasteiger partial charge is 0.388 e. The van der Waals surface area contributed by atoms with Gasteiger partial charge in [-0.1, -0.05) is 12.1 Å². The summed E-state index contributed by atoms with van der Waals surface area (Å²) >= 11 is 1.84. The van der Waals surface area contributed by atoms with Crippen LogP contribution in [-0.4, -0.2) is 41.8 Å². The average molecular weight is 294 g/mol. The van der Waals surface area contributed by atoms with E-state index in [1.54, 1.807) is 0 Å². The molecule has 1 aliphatic rings. The van der Waals surface area contributed by atoms with Gasteiger partial charge in [0.05, 0.1) is 5.60 Å². The van der Waals surface area contributed by atoms with E-state index < -0.39 is 5.60 Å². The van der Waals surface area contributed by atoms with Gasteiger partial charge in [-0.25, -0.2) is 0 Å². The third-order valence-corrected chi connectivity index (χ3v) is 5.16. The number of thioether (sulfide) groups is 1. The van der Waals surface area contributed by atoms with Gasteiger partial charge in [-0.15, -0.1) is 0 Å². The molecule has 0 aliphatic carbocycles. The summed E-state index contributed by atoms with van der Waals surface area (Å²) in [7, 11) is 0. The minimum absolute atomic E-state index is 0.494. The molecule has 4 heteroatoms. The van der Waals surface area contributed by atoms with Crippen molar-refractivity contribution in [3.63, 3.8) is 0 Å². The van der Waals surface area contributed by atoms with Gasteiger partial charge in [-0.05, 0) is 43.7 Å². The molecule has 1 aliphatic heterocycles. The molecule has 1 unspecified atom stereocenters. The highest BCUT2D eigenvalue weighted by atomic mass is 32.2. The van der Waals surface area contributed by atoms with Crippen LogP contribution < -0.4 is 10.2 Å². The van der Waals surface area contributed by atoms with Gasteiger partial charge in [0.25, 0.3) is 0 Å². The van der Waals surface area contributed by atoms with Crippen molar-refractivity contribution in [3.8, 4) is 0 Å². The van der Waals surface area contributed by atoms with Crippen LogP contribution in [-0.2, 0) is 6.54 Å². The van der Waals surface area contributed by atoms with Crippen LogP contribution in [0.15, 0.2) is 24.3 Å². The van der Waals surface area contributed by atoms with Gasteiger partial charge >= 0.3 is 0 Å². The molecule has 112 valence electrons. The van der Waals surface area contributed by atoms with E-state index in [-0.39, 0.29) is 0 Å².